The molecule has 0 aliphatic heterocycles. The predicted octanol–water partition coefficient (Wildman–Crippen LogP) is 3.00. The Balaban J connectivity index is 1.68. The van der Waals surface area contributed by atoms with Gasteiger partial charge >= 0.3 is 0 Å². The van der Waals surface area contributed by atoms with Gasteiger partial charge in [-0.2, -0.15) is 5.10 Å². The molecule has 0 saturated heterocycles. The second kappa shape index (κ2) is 5.70. The number of benzene rings is 2. The van der Waals surface area contributed by atoms with Gasteiger partial charge in [-0.25, -0.2) is 4.68 Å². The highest BCUT2D eigenvalue weighted by Gasteiger charge is 2.46. The van der Waals surface area contributed by atoms with Crippen molar-refractivity contribution in [2.24, 2.45) is 5.73 Å². The van der Waals surface area contributed by atoms with E-state index < -0.39 is 5.54 Å². The normalized spacial score (nSPS) is 16.6. The summed E-state index contributed by atoms with van der Waals surface area (Å²) >= 11 is 0. The molecule has 4 rings (SSSR count). The van der Waals surface area contributed by atoms with Crippen molar-refractivity contribution in [1.29, 1.82) is 0 Å². The SMILES string of the molecule is Cc1c([C@H](C)NC(=O)C2(N)CC2)cnn1-c1cccc2ccccc12. The molecule has 1 atom stereocenters. The van der Waals surface area contributed by atoms with Gasteiger partial charge in [0.2, 0.25) is 5.91 Å². The molecule has 25 heavy (non-hydrogen) atoms. The summed E-state index contributed by atoms with van der Waals surface area (Å²) in [6.45, 7) is 4.00. The second-order valence-corrected chi connectivity index (χ2v) is 6.95. The van der Waals surface area contributed by atoms with Crippen molar-refractivity contribution in [3.8, 4) is 5.69 Å². The fourth-order valence-electron chi connectivity index (χ4n) is 3.26. The molecule has 3 N–H and O–H groups in total. The number of hydrogen-bond donors (Lipinski definition) is 2. The lowest BCUT2D eigenvalue weighted by Crippen LogP contribution is -2.43. The molecule has 0 unspecified atom stereocenters. The average molecular weight is 334 g/mol. The summed E-state index contributed by atoms with van der Waals surface area (Å²) in [4.78, 5) is 12.2. The van der Waals surface area contributed by atoms with E-state index in [1.165, 1.54) is 5.39 Å². The number of amides is 1. The molecule has 0 bridgehead atoms. The first-order valence-corrected chi connectivity index (χ1v) is 8.62. The number of rotatable bonds is 4. The van der Waals surface area contributed by atoms with Gasteiger partial charge in [-0.3, -0.25) is 4.79 Å². The number of aromatic nitrogens is 2. The number of hydrogen-bond acceptors (Lipinski definition) is 3. The Morgan fingerprint density at radius 3 is 2.72 bits per heavy atom. The van der Waals surface area contributed by atoms with E-state index in [9.17, 15) is 4.79 Å². The van der Waals surface area contributed by atoms with Gasteiger partial charge < -0.3 is 11.1 Å². The van der Waals surface area contributed by atoms with Crippen molar-refractivity contribution in [2.75, 3.05) is 0 Å². The van der Waals surface area contributed by atoms with Gasteiger partial charge in [0, 0.05) is 16.6 Å². The molecule has 1 saturated carbocycles. The summed E-state index contributed by atoms with van der Waals surface area (Å²) in [5.74, 6) is -0.0719. The topological polar surface area (TPSA) is 72.9 Å². The molecule has 1 amide bonds. The number of nitrogens with one attached hydrogen (secondary N) is 1. The summed E-state index contributed by atoms with van der Waals surface area (Å²) < 4.78 is 1.94. The average Bonchev–Trinajstić information content (AvgIpc) is 3.25. The van der Waals surface area contributed by atoms with Crippen molar-refractivity contribution in [3.63, 3.8) is 0 Å². The zero-order chi connectivity index (χ0) is 17.6. The van der Waals surface area contributed by atoms with Crippen LogP contribution in [0.5, 0.6) is 0 Å². The molecule has 5 heteroatoms. The van der Waals surface area contributed by atoms with Gasteiger partial charge in [0.15, 0.2) is 0 Å². The third kappa shape index (κ3) is 2.70. The molecule has 128 valence electrons. The first-order chi connectivity index (χ1) is 12.0. The van der Waals surface area contributed by atoms with E-state index in [2.05, 4.69) is 34.7 Å². The van der Waals surface area contributed by atoms with Crippen molar-refractivity contribution >= 4 is 16.7 Å². The third-order valence-corrected chi connectivity index (χ3v) is 5.10. The molecule has 1 aliphatic rings. The van der Waals surface area contributed by atoms with Crippen LogP contribution in [-0.2, 0) is 4.79 Å². The van der Waals surface area contributed by atoms with Crippen LogP contribution in [0.15, 0.2) is 48.7 Å². The molecular weight excluding hydrogens is 312 g/mol. The molecule has 5 nitrogen and oxygen atoms in total. The first kappa shape index (κ1) is 15.8. The van der Waals surface area contributed by atoms with E-state index in [4.69, 9.17) is 5.73 Å². The highest BCUT2D eigenvalue weighted by molar-refractivity contribution is 5.90. The highest BCUT2D eigenvalue weighted by atomic mass is 16.2. The van der Waals surface area contributed by atoms with E-state index in [0.29, 0.717) is 0 Å². The molecule has 1 aromatic heterocycles. The van der Waals surface area contributed by atoms with E-state index in [0.717, 1.165) is 35.2 Å². The van der Waals surface area contributed by atoms with Crippen LogP contribution in [0, 0.1) is 6.92 Å². The second-order valence-electron chi connectivity index (χ2n) is 6.95. The number of nitrogens with two attached hydrogens (primary N) is 1. The van der Waals surface area contributed by atoms with Gasteiger partial charge in [-0.05, 0) is 38.1 Å². The van der Waals surface area contributed by atoms with Gasteiger partial charge in [0.05, 0.1) is 23.5 Å². The zero-order valence-electron chi connectivity index (χ0n) is 14.5. The fraction of sp³-hybridized carbons (Fsp3) is 0.300. The van der Waals surface area contributed by atoms with Crippen molar-refractivity contribution in [2.45, 2.75) is 38.3 Å². The molecule has 0 spiro atoms. The predicted molar refractivity (Wildman–Crippen MR) is 98.5 cm³/mol. The Morgan fingerprint density at radius 1 is 1.24 bits per heavy atom. The Bertz CT molecular complexity index is 950. The van der Waals surface area contributed by atoms with E-state index >= 15 is 0 Å². The molecule has 1 heterocycles. The van der Waals surface area contributed by atoms with Crippen LogP contribution in [0.3, 0.4) is 0 Å². The minimum Gasteiger partial charge on any atom is -0.348 e. The summed E-state index contributed by atoms with van der Waals surface area (Å²) in [6.07, 6.45) is 3.36. The summed E-state index contributed by atoms with van der Waals surface area (Å²) in [7, 11) is 0. The fourth-order valence-corrected chi connectivity index (χ4v) is 3.26. The molecular formula is C20H22N4O. The van der Waals surface area contributed by atoms with Gasteiger partial charge in [0.25, 0.3) is 0 Å². The van der Waals surface area contributed by atoms with Crippen LogP contribution in [0.4, 0.5) is 0 Å². The lowest BCUT2D eigenvalue weighted by Gasteiger charge is -2.17. The molecule has 1 fully saturated rings. The Hall–Kier alpha value is -2.66. The van der Waals surface area contributed by atoms with Crippen molar-refractivity contribution in [1.82, 2.24) is 15.1 Å². The minimum atomic E-state index is -0.659. The van der Waals surface area contributed by atoms with Gasteiger partial charge in [-0.1, -0.05) is 36.4 Å². The summed E-state index contributed by atoms with van der Waals surface area (Å²) in [5.41, 5.74) is 8.39. The largest absolute Gasteiger partial charge is 0.348 e. The quantitative estimate of drug-likeness (QED) is 0.770. The maximum absolute atomic E-state index is 12.2. The monoisotopic (exact) mass is 334 g/mol. The molecule has 2 aromatic carbocycles. The van der Waals surface area contributed by atoms with Crippen molar-refractivity contribution in [3.05, 3.63) is 59.9 Å². The Morgan fingerprint density at radius 2 is 1.96 bits per heavy atom. The van der Waals surface area contributed by atoms with Crippen LogP contribution >= 0.6 is 0 Å². The van der Waals surface area contributed by atoms with E-state index in [-0.39, 0.29) is 11.9 Å². The minimum absolute atomic E-state index is 0.0719. The number of carbonyl (C=O) groups excluding carboxylic acids is 1. The maximum atomic E-state index is 12.2. The van der Waals surface area contributed by atoms with Crippen LogP contribution in [0.2, 0.25) is 0 Å². The zero-order valence-corrected chi connectivity index (χ0v) is 14.5. The standard InChI is InChI=1S/C20H22N4O/c1-13(23-19(25)20(21)10-11-20)17-12-22-24(14(17)2)18-9-5-7-15-6-3-4-8-16(15)18/h3-9,12-13H,10-11,21H2,1-2H3,(H,23,25)/t13-/m0/s1. The van der Waals surface area contributed by atoms with Crippen LogP contribution in [0.25, 0.3) is 16.5 Å². The lowest BCUT2D eigenvalue weighted by atomic mass is 10.1. The maximum Gasteiger partial charge on any atom is 0.240 e. The summed E-state index contributed by atoms with van der Waals surface area (Å²) in [6, 6.07) is 14.3. The smallest absolute Gasteiger partial charge is 0.240 e. The van der Waals surface area contributed by atoms with Crippen molar-refractivity contribution < 1.29 is 4.79 Å². The third-order valence-electron chi connectivity index (χ3n) is 5.10. The van der Waals surface area contributed by atoms with Crippen LogP contribution in [0.1, 0.15) is 37.1 Å². The number of carbonyl (C=O) groups is 1. The van der Waals surface area contributed by atoms with Gasteiger partial charge in [-0.15, -0.1) is 0 Å². The van der Waals surface area contributed by atoms with E-state index in [1.807, 2.05) is 42.9 Å². The first-order valence-electron chi connectivity index (χ1n) is 8.62. The number of fused-ring (bicyclic) bond motifs is 1. The Kier molecular flexibility index (Phi) is 3.62. The van der Waals surface area contributed by atoms with E-state index in [1.54, 1.807) is 0 Å². The molecule has 0 radical (unpaired) electrons. The molecule has 3 aromatic rings. The Labute approximate surface area is 146 Å². The molecule has 1 aliphatic carbocycles. The van der Waals surface area contributed by atoms with Crippen LogP contribution < -0.4 is 11.1 Å². The summed E-state index contributed by atoms with van der Waals surface area (Å²) in [5, 5.41) is 9.93. The van der Waals surface area contributed by atoms with Gasteiger partial charge in [0.1, 0.15) is 0 Å². The highest BCUT2D eigenvalue weighted by Crippen LogP contribution is 2.33. The van der Waals surface area contributed by atoms with Crippen LogP contribution in [-0.4, -0.2) is 21.2 Å². The number of nitrogens with zero attached hydrogens (tertiary/aromatic N) is 2. The lowest BCUT2D eigenvalue weighted by molar-refractivity contribution is -0.123.